The third-order valence-corrected chi connectivity index (χ3v) is 19.0. The Bertz CT molecular complexity index is 4010. The summed E-state index contributed by atoms with van der Waals surface area (Å²) in [6.45, 7) is 4.37. The molecule has 21 nitrogen and oxygen atoms in total. The number of nitro groups is 1. The molecule has 100 heavy (non-hydrogen) atoms. The Kier molecular flexibility index (Phi) is 33.0. The third-order valence-electron chi connectivity index (χ3n) is 14.8. The van der Waals surface area contributed by atoms with E-state index >= 15 is 0 Å². The first kappa shape index (κ1) is 79.8. The number of ether oxygens (including phenoxy) is 3. The van der Waals surface area contributed by atoms with Crippen LogP contribution in [0.15, 0.2) is 215 Å². The highest BCUT2D eigenvalue weighted by molar-refractivity contribution is 7.98. The Morgan fingerprint density at radius 2 is 1.18 bits per heavy atom. The lowest BCUT2D eigenvalue weighted by Gasteiger charge is -2.32. The molecule has 4 aliphatic rings. The van der Waals surface area contributed by atoms with Gasteiger partial charge >= 0.3 is 6.95 Å². The Labute approximate surface area is 608 Å². The van der Waals surface area contributed by atoms with Gasteiger partial charge in [-0.1, -0.05) is 150 Å². The number of oxime groups is 1. The number of nitrogens with zero attached hydrogens (tertiary/aromatic N) is 7. The molecular weight excluding hydrogens is 1420 g/mol. The van der Waals surface area contributed by atoms with Gasteiger partial charge in [0.05, 0.1) is 64.0 Å². The number of aliphatic imine (C=N–C) groups is 1. The van der Waals surface area contributed by atoms with Crippen molar-refractivity contribution in [1.29, 1.82) is 10.7 Å². The van der Waals surface area contributed by atoms with Gasteiger partial charge in [0.2, 0.25) is 0 Å². The van der Waals surface area contributed by atoms with E-state index in [1.54, 1.807) is 111 Å². The van der Waals surface area contributed by atoms with Gasteiger partial charge in [-0.2, -0.15) is 5.26 Å². The van der Waals surface area contributed by atoms with E-state index in [1.807, 2.05) is 36.4 Å². The van der Waals surface area contributed by atoms with Gasteiger partial charge in [0.15, 0.2) is 0 Å². The van der Waals surface area contributed by atoms with Crippen LogP contribution in [0.3, 0.4) is 0 Å². The monoisotopic (exact) mass is 1490 g/mol. The van der Waals surface area contributed by atoms with Crippen LogP contribution in [-0.2, 0) is 24.3 Å². The molecule has 0 unspecified atom stereocenters. The zero-order valence-electron chi connectivity index (χ0n) is 54.6. The quantitative estimate of drug-likeness (QED) is 0.0105. The van der Waals surface area contributed by atoms with Crippen molar-refractivity contribution in [1.82, 2.24) is 13.5 Å². The Morgan fingerprint density at radius 3 is 1.69 bits per heavy atom. The summed E-state index contributed by atoms with van der Waals surface area (Å²) in [5, 5.41) is 36.2. The molecule has 4 amide bonds. The van der Waals surface area contributed by atoms with E-state index in [9.17, 15) is 33.9 Å². The molecule has 12 rings (SSSR count). The Hall–Kier alpha value is -9.21. The second kappa shape index (κ2) is 41.4. The zero-order valence-corrected chi connectivity index (χ0v) is 60.1. The topological polar surface area (TPSA) is 277 Å². The van der Waals surface area contributed by atoms with E-state index in [4.69, 9.17) is 85.2 Å². The van der Waals surface area contributed by atoms with Crippen molar-refractivity contribution in [3.8, 4) is 29.1 Å². The van der Waals surface area contributed by atoms with Crippen LogP contribution in [0.4, 0.5) is 5.69 Å². The molecule has 0 atom stereocenters. The molecule has 2 N–H and O–H groups in total. The lowest BCUT2D eigenvalue weighted by molar-refractivity contribution is -0.385. The van der Waals surface area contributed by atoms with E-state index in [-0.39, 0.29) is 75.1 Å². The second-order valence-corrected chi connectivity index (χ2v) is 27.0. The Balaban J connectivity index is 0.000000192. The van der Waals surface area contributed by atoms with Crippen LogP contribution in [0, 0.1) is 26.9 Å². The van der Waals surface area contributed by atoms with Crippen LogP contribution in [0.2, 0.25) is 15.1 Å². The minimum atomic E-state index is -3.89. The van der Waals surface area contributed by atoms with Gasteiger partial charge < -0.3 is 38.8 Å². The maximum Gasteiger partial charge on any atom is 0.530 e. The first-order valence-corrected chi connectivity index (χ1v) is 36.0. The van der Waals surface area contributed by atoms with Crippen LogP contribution in [0.25, 0.3) is 0 Å². The zero-order chi connectivity index (χ0) is 72.5. The highest BCUT2D eigenvalue weighted by Gasteiger charge is 2.37. The molecular formula is C72H71Cl4N8O13PS2. The number of carbonyl (C=O) groups excluding carboxylic acids is 4. The number of para-hydroxylation sites is 3. The molecule has 0 bridgehead atoms. The van der Waals surface area contributed by atoms with Crippen LogP contribution in [0.1, 0.15) is 88.4 Å². The van der Waals surface area contributed by atoms with Gasteiger partial charge in [-0.05, 0) is 164 Å². The number of amidine groups is 1. The summed E-state index contributed by atoms with van der Waals surface area (Å²) in [6.07, 6.45) is 7.98. The maximum absolute atomic E-state index is 12.1. The molecule has 0 aromatic heterocycles. The average Bonchev–Trinajstić information content (AvgIpc) is 0.900. The normalized spacial score (nSPS) is 13.7. The highest BCUT2D eigenvalue weighted by Crippen LogP contribution is 2.55. The van der Waals surface area contributed by atoms with Crippen LogP contribution >= 0.6 is 76.9 Å². The molecule has 2 fully saturated rings. The smallest absolute Gasteiger partial charge is 0.497 e. The fourth-order valence-corrected chi connectivity index (χ4v) is 13.3. The van der Waals surface area contributed by atoms with E-state index in [0.29, 0.717) is 28.3 Å². The number of benzene rings is 8. The average molecular weight is 1490 g/mol. The van der Waals surface area contributed by atoms with Crippen molar-refractivity contribution in [3.05, 3.63) is 259 Å². The van der Waals surface area contributed by atoms with Crippen LogP contribution < -0.4 is 18.5 Å². The standard InChI is InChI=1S/C22H22O2.C14H8ClNO2S.C12H8Cl3O3P.C9H16N2.C7H8N2O3S.C7H6N2O3.CH3N/c1-22(17-7-5-4-6-8-17,18-9-13-20(23-2)14-10-18)19-11-15-21(24-3)16-12-19;15-9-5-7-10(8-6-9)19-16-13(17)11-3-1-2-4-12(11)14(16)18;13-9-5-1-3-7-11(9)17-19(15,16)18-12-8-4-2-6-10(12)14;1-2-5-9-10-6-4-8-11(9)7-3-1;8-2-1-3-13-9-6(10)4-12-5-7(9)11;10-8-5-6-3-1-2-4-7(6)9(11)12;1-2/h4-16H,1-3H3;2*1-8H;1-8H2;1,3-5H2;1-5,10H;2H,1H2/b;;;;;8-5+;. The van der Waals surface area contributed by atoms with Crippen molar-refractivity contribution in [3.63, 3.8) is 0 Å². The number of nitro benzene ring substituents is 1. The number of imide groups is 2. The molecule has 0 radical (unpaired) electrons. The van der Waals surface area contributed by atoms with Gasteiger partial charge in [0.1, 0.15) is 36.2 Å². The van der Waals surface area contributed by atoms with Gasteiger partial charge in [0.25, 0.3) is 29.3 Å². The molecule has 2 saturated heterocycles. The third kappa shape index (κ3) is 23.7. The Morgan fingerprint density at radius 1 is 0.690 bits per heavy atom. The van der Waals surface area contributed by atoms with Gasteiger partial charge in [-0.3, -0.25) is 34.3 Å². The number of halogens is 4. The summed E-state index contributed by atoms with van der Waals surface area (Å²) in [7, 11) is 3.38. The lowest BCUT2D eigenvalue weighted by atomic mass is 9.71. The van der Waals surface area contributed by atoms with E-state index in [0.717, 1.165) is 57.4 Å². The number of amides is 4. The molecule has 28 heteroatoms. The number of morpholine rings is 1. The van der Waals surface area contributed by atoms with E-state index in [2.05, 4.69) is 77.2 Å². The highest BCUT2D eigenvalue weighted by atomic mass is 35.7. The minimum absolute atomic E-state index is 0.0503. The van der Waals surface area contributed by atoms with Gasteiger partial charge in [0, 0.05) is 70.9 Å². The van der Waals surface area contributed by atoms with Crippen molar-refractivity contribution in [2.45, 2.75) is 55.8 Å². The fraction of sp³-hybridized carbons (Fsp3) is 0.222. The molecule has 522 valence electrons. The predicted molar refractivity (Wildman–Crippen MR) is 394 cm³/mol. The lowest BCUT2D eigenvalue weighted by Crippen LogP contribution is -2.41. The molecule has 4 heterocycles. The first-order valence-electron chi connectivity index (χ1n) is 30.7. The van der Waals surface area contributed by atoms with Crippen molar-refractivity contribution in [2.75, 3.05) is 52.8 Å². The largest absolute Gasteiger partial charge is 0.530 e. The van der Waals surface area contributed by atoms with Crippen LogP contribution in [-0.4, -0.2) is 119 Å². The molecule has 0 spiro atoms. The number of hydrogen-bond donors (Lipinski definition) is 2. The maximum atomic E-state index is 12.1. The SMILES string of the molecule is C1CCC2=NCCCN2CC1.C=N.COc1ccc(C(C)(c2ccccc2)c2ccc(OC)cc2)cc1.N#CCCSN1C(=O)COCC1=O.O=C1c2ccccc2C(=O)N1Sc1ccc(Cl)cc1.O=P(Cl)(Oc1ccccc1Cl)Oc1ccccc1Cl.O=[N+]([O-])c1ccccc1/C=N/O. The molecule has 0 aliphatic carbocycles. The van der Waals surface area contributed by atoms with Crippen molar-refractivity contribution < 1.29 is 57.1 Å². The molecule has 4 aliphatic heterocycles. The number of nitriles is 1. The molecule has 0 saturated carbocycles. The first-order chi connectivity index (χ1) is 48.3. The second-order valence-electron chi connectivity index (χ2n) is 21.2. The number of methoxy groups -OCH3 is 2. The van der Waals surface area contributed by atoms with E-state index in [1.165, 1.54) is 96.3 Å². The predicted octanol–water partition coefficient (Wildman–Crippen LogP) is 17.8. The molecule has 8 aromatic rings. The summed E-state index contributed by atoms with van der Waals surface area (Å²) >= 11 is 25.5. The summed E-state index contributed by atoms with van der Waals surface area (Å²) in [4.78, 5) is 64.1. The van der Waals surface area contributed by atoms with Gasteiger partial charge in [-0.15, -0.1) is 0 Å². The molecule has 8 aromatic carbocycles. The van der Waals surface area contributed by atoms with Gasteiger partial charge in [-0.25, -0.2) is 13.2 Å². The summed E-state index contributed by atoms with van der Waals surface area (Å²) in [6, 6.07) is 62.0. The number of hydrogen-bond acceptors (Lipinski definition) is 20. The van der Waals surface area contributed by atoms with Crippen LogP contribution in [0.5, 0.6) is 23.0 Å². The minimum Gasteiger partial charge on any atom is -0.497 e. The van der Waals surface area contributed by atoms with Crippen molar-refractivity contribution >= 4 is 125 Å². The number of nitrogens with one attached hydrogen (secondary N) is 1. The summed E-state index contributed by atoms with van der Waals surface area (Å²) in [5.74, 6) is 2.68. The van der Waals surface area contributed by atoms with Crippen molar-refractivity contribution in [2.24, 2.45) is 10.1 Å². The number of carbonyl (C=O) groups is 4. The number of fused-ring (bicyclic) bond motifs is 2. The fourth-order valence-electron chi connectivity index (χ4n) is 9.84. The summed E-state index contributed by atoms with van der Waals surface area (Å²) < 4.78 is 39.8. The number of rotatable bonds is 16. The van der Waals surface area contributed by atoms with E-state index < -0.39 is 11.9 Å². The summed E-state index contributed by atoms with van der Waals surface area (Å²) in [5.41, 5.74) is 4.56.